The van der Waals surface area contributed by atoms with Crippen LogP contribution in [-0.2, 0) is 16.1 Å². The van der Waals surface area contributed by atoms with Crippen molar-refractivity contribution in [1.29, 1.82) is 0 Å². The molecule has 0 spiro atoms. The van der Waals surface area contributed by atoms with Crippen LogP contribution in [0.1, 0.15) is 60.0 Å². The number of hydrogen-bond acceptors (Lipinski definition) is 7. The van der Waals surface area contributed by atoms with Crippen molar-refractivity contribution < 1.29 is 29.0 Å². The van der Waals surface area contributed by atoms with Gasteiger partial charge >= 0.3 is 12.1 Å². The van der Waals surface area contributed by atoms with Crippen molar-refractivity contribution >= 4 is 41.2 Å². The normalized spacial score (nSPS) is 11.1. The number of benzene rings is 3. The average Bonchev–Trinajstić information content (AvgIpc) is 3.53. The Hall–Kier alpha value is -5.36. The summed E-state index contributed by atoms with van der Waals surface area (Å²) in [6.07, 6.45) is 1.51. The maximum Gasteiger partial charge on any atom is 0.410 e. The lowest BCUT2D eigenvalue weighted by Gasteiger charge is -2.27. The van der Waals surface area contributed by atoms with Crippen LogP contribution < -0.4 is 16.4 Å². The fourth-order valence-corrected chi connectivity index (χ4v) is 5.21. The van der Waals surface area contributed by atoms with E-state index in [1.165, 1.54) is 23.2 Å². The van der Waals surface area contributed by atoms with Crippen molar-refractivity contribution in [3.05, 3.63) is 94.8 Å². The van der Waals surface area contributed by atoms with Gasteiger partial charge in [-0.2, -0.15) is 5.10 Å². The van der Waals surface area contributed by atoms with Crippen molar-refractivity contribution in [2.24, 2.45) is 5.73 Å². The molecule has 252 valence electrons. The average molecular weight is 675 g/mol. The van der Waals surface area contributed by atoms with E-state index in [0.717, 1.165) is 16.7 Å². The minimum absolute atomic E-state index is 0.0288. The van der Waals surface area contributed by atoms with E-state index >= 15 is 0 Å². The predicted molar refractivity (Wildman–Crippen MR) is 184 cm³/mol. The Bertz CT molecular complexity index is 1770. The molecule has 0 atom stereocenters. The number of halogens is 1. The number of aromatic carboxylic acids is 1. The second-order valence-corrected chi connectivity index (χ2v) is 12.4. The largest absolute Gasteiger partial charge is 0.478 e. The van der Waals surface area contributed by atoms with Gasteiger partial charge in [-0.1, -0.05) is 60.1 Å². The van der Waals surface area contributed by atoms with Gasteiger partial charge < -0.3 is 31.1 Å². The molecule has 0 unspecified atom stereocenters. The summed E-state index contributed by atoms with van der Waals surface area (Å²) in [5.74, 6) is -2.08. The number of primary amides is 1. The van der Waals surface area contributed by atoms with Gasteiger partial charge in [0.25, 0.3) is 5.91 Å². The number of hydrogen-bond donors (Lipinski definition) is 5. The molecule has 1 aromatic heterocycles. The molecule has 3 amide bonds. The van der Waals surface area contributed by atoms with Crippen LogP contribution in [0.4, 0.5) is 10.5 Å². The number of nitrogens with two attached hydrogens (primary N) is 1. The summed E-state index contributed by atoms with van der Waals surface area (Å²) in [7, 11) is 0. The molecule has 4 rings (SSSR count). The number of aromatic nitrogens is 2. The van der Waals surface area contributed by atoms with Gasteiger partial charge in [-0.3, -0.25) is 14.7 Å². The van der Waals surface area contributed by atoms with Crippen LogP contribution in [0.25, 0.3) is 22.3 Å². The van der Waals surface area contributed by atoms with E-state index in [0.29, 0.717) is 41.3 Å². The molecule has 1 heterocycles. The van der Waals surface area contributed by atoms with Crippen molar-refractivity contribution in [2.75, 3.05) is 25.0 Å². The van der Waals surface area contributed by atoms with Crippen LogP contribution in [0.5, 0.6) is 0 Å². The van der Waals surface area contributed by atoms with Crippen LogP contribution in [0.15, 0.2) is 72.9 Å². The molecule has 0 saturated heterocycles. The van der Waals surface area contributed by atoms with E-state index in [1.807, 2.05) is 48.5 Å². The number of carbonyl (C=O) groups is 4. The van der Waals surface area contributed by atoms with Crippen molar-refractivity contribution in [3.8, 4) is 22.3 Å². The van der Waals surface area contributed by atoms with Gasteiger partial charge in [-0.05, 0) is 56.5 Å². The summed E-state index contributed by atoms with van der Waals surface area (Å²) in [6.45, 7) is 6.36. The molecule has 0 radical (unpaired) electrons. The summed E-state index contributed by atoms with van der Waals surface area (Å²) in [4.78, 5) is 50.7. The van der Waals surface area contributed by atoms with Crippen LogP contribution in [-0.4, -0.2) is 69.3 Å². The van der Waals surface area contributed by atoms with Crippen molar-refractivity contribution in [3.63, 3.8) is 0 Å². The Kier molecular flexibility index (Phi) is 11.8. The third-order valence-corrected chi connectivity index (χ3v) is 7.49. The van der Waals surface area contributed by atoms with Crippen molar-refractivity contribution in [1.82, 2.24) is 20.4 Å². The minimum Gasteiger partial charge on any atom is -0.478 e. The van der Waals surface area contributed by atoms with Crippen LogP contribution in [0.3, 0.4) is 0 Å². The van der Waals surface area contributed by atoms with E-state index < -0.39 is 23.6 Å². The molecule has 6 N–H and O–H groups in total. The number of carbonyl (C=O) groups excluding carboxylic acids is 3. The molecule has 48 heavy (non-hydrogen) atoms. The van der Waals surface area contributed by atoms with Gasteiger partial charge in [-0.15, -0.1) is 0 Å². The van der Waals surface area contributed by atoms with E-state index in [-0.39, 0.29) is 36.7 Å². The number of aromatic amines is 1. The number of nitrogens with one attached hydrogen (secondary N) is 3. The lowest BCUT2D eigenvalue weighted by molar-refractivity contribution is -0.121. The first-order valence-electron chi connectivity index (χ1n) is 15.4. The maximum absolute atomic E-state index is 13.1. The van der Waals surface area contributed by atoms with Gasteiger partial charge in [0.2, 0.25) is 5.91 Å². The summed E-state index contributed by atoms with van der Waals surface area (Å²) >= 11 is 6.61. The van der Waals surface area contributed by atoms with Gasteiger partial charge in [0, 0.05) is 66.2 Å². The highest BCUT2D eigenvalue weighted by Gasteiger charge is 2.23. The molecular formula is C35H39ClN6O6. The maximum atomic E-state index is 13.1. The SMILES string of the molecule is CC(C)(C)OC(=O)N(CCC(=O)NCCCNc1cc(C(=O)O)ccc1-c1c[nH]nc1C(N)=O)Cc1ccc(-c2ccccc2)c(Cl)c1. The smallest absolute Gasteiger partial charge is 0.410 e. The molecule has 13 heteroatoms. The molecule has 0 aliphatic carbocycles. The molecule has 0 saturated carbocycles. The quantitative estimate of drug-likeness (QED) is 0.102. The number of anilines is 1. The monoisotopic (exact) mass is 674 g/mol. The second kappa shape index (κ2) is 16.0. The molecular weight excluding hydrogens is 636 g/mol. The number of H-pyrrole nitrogens is 1. The molecule has 0 aliphatic heterocycles. The highest BCUT2D eigenvalue weighted by molar-refractivity contribution is 6.33. The van der Waals surface area contributed by atoms with Gasteiger partial charge in [0.05, 0.1) is 5.56 Å². The first kappa shape index (κ1) is 35.5. The lowest BCUT2D eigenvalue weighted by Crippen LogP contribution is -2.39. The highest BCUT2D eigenvalue weighted by atomic mass is 35.5. The Labute approximate surface area is 283 Å². The Balaban J connectivity index is 1.33. The first-order chi connectivity index (χ1) is 22.8. The molecule has 3 aromatic carbocycles. The van der Waals surface area contributed by atoms with Gasteiger partial charge in [-0.25, -0.2) is 9.59 Å². The number of nitrogens with zero attached hydrogens (tertiary/aromatic N) is 2. The minimum atomic E-state index is -1.10. The van der Waals surface area contributed by atoms with Gasteiger partial charge in [0.1, 0.15) is 5.60 Å². The predicted octanol–water partition coefficient (Wildman–Crippen LogP) is 5.94. The first-order valence-corrected chi connectivity index (χ1v) is 15.7. The Morgan fingerprint density at radius 1 is 0.979 bits per heavy atom. The van der Waals surface area contributed by atoms with E-state index in [4.69, 9.17) is 22.1 Å². The number of ether oxygens (including phenoxy) is 1. The number of carboxylic acid groups (broad SMARTS) is 1. The summed E-state index contributed by atoms with van der Waals surface area (Å²) in [6, 6.07) is 19.8. The number of amides is 3. The topological polar surface area (TPSA) is 180 Å². The molecule has 12 nitrogen and oxygen atoms in total. The number of carboxylic acids is 1. The van der Waals surface area contributed by atoms with Crippen LogP contribution in [0, 0.1) is 0 Å². The van der Waals surface area contributed by atoms with Gasteiger partial charge in [0.15, 0.2) is 5.69 Å². The summed E-state index contributed by atoms with van der Waals surface area (Å²) < 4.78 is 5.61. The van der Waals surface area contributed by atoms with Crippen LogP contribution >= 0.6 is 11.6 Å². The summed E-state index contributed by atoms with van der Waals surface area (Å²) in [5.41, 5.74) is 8.90. The highest BCUT2D eigenvalue weighted by Crippen LogP contribution is 2.31. The fraction of sp³-hybridized carbons (Fsp3) is 0.286. The third-order valence-electron chi connectivity index (χ3n) is 7.17. The Morgan fingerprint density at radius 3 is 2.38 bits per heavy atom. The number of rotatable bonds is 14. The van der Waals surface area contributed by atoms with Crippen LogP contribution in [0.2, 0.25) is 5.02 Å². The molecule has 4 aromatic rings. The van der Waals surface area contributed by atoms with E-state index in [9.17, 15) is 24.3 Å². The standard InChI is InChI=1S/C35H39ClN6O6/c1-35(2,3)48-34(47)42(21-22-10-12-25(28(36)18-22)23-8-5-4-6-9-23)17-14-30(43)39-16-7-15-38-29-19-24(33(45)46)11-13-26(29)27-20-40-41-31(27)32(37)44/h4-6,8-13,18-20,38H,7,14-17,21H2,1-3H3,(H2,37,44)(H,39,43)(H,40,41)(H,45,46). The summed E-state index contributed by atoms with van der Waals surface area (Å²) in [5, 5.41) is 22.6. The lowest BCUT2D eigenvalue weighted by atomic mass is 10.0. The van der Waals surface area contributed by atoms with E-state index in [2.05, 4.69) is 20.8 Å². The molecule has 0 bridgehead atoms. The second-order valence-electron chi connectivity index (χ2n) is 12.0. The van der Waals surface area contributed by atoms with E-state index in [1.54, 1.807) is 26.8 Å². The third kappa shape index (κ3) is 9.82. The Morgan fingerprint density at radius 2 is 1.71 bits per heavy atom. The fourth-order valence-electron chi connectivity index (χ4n) is 4.90. The molecule has 0 fully saturated rings. The zero-order valence-corrected chi connectivity index (χ0v) is 27.8. The molecule has 0 aliphatic rings. The van der Waals surface area contributed by atoms with Crippen molar-refractivity contribution in [2.45, 2.75) is 45.8 Å². The zero-order chi connectivity index (χ0) is 34.8. The zero-order valence-electron chi connectivity index (χ0n) is 27.0.